The molecule has 1 amide bonds. The van der Waals surface area contributed by atoms with Gasteiger partial charge in [-0.3, -0.25) is 4.79 Å². The van der Waals surface area contributed by atoms with Crippen LogP contribution in [0.1, 0.15) is 12.5 Å². The molecular formula is C20H18N2O2. The zero-order valence-electron chi connectivity index (χ0n) is 13.4. The number of nitrogens with one attached hydrogen (secondary N) is 2. The van der Waals surface area contributed by atoms with Gasteiger partial charge in [0.2, 0.25) is 5.91 Å². The number of hydrogen-bond acceptors (Lipinski definition) is 2. The molecule has 4 rings (SSSR count). The molecule has 0 radical (unpaired) electrons. The first kappa shape index (κ1) is 14.6. The van der Waals surface area contributed by atoms with Crippen molar-refractivity contribution < 1.29 is 9.21 Å². The van der Waals surface area contributed by atoms with E-state index in [0.717, 1.165) is 34.0 Å². The molecule has 120 valence electrons. The van der Waals surface area contributed by atoms with Crippen LogP contribution in [0.2, 0.25) is 0 Å². The van der Waals surface area contributed by atoms with Gasteiger partial charge in [-0.05, 0) is 58.8 Å². The number of carbonyl (C=O) groups excluding carboxylic acids is 1. The van der Waals surface area contributed by atoms with Crippen molar-refractivity contribution in [2.45, 2.75) is 13.3 Å². The maximum atomic E-state index is 11.0. The first-order valence-electron chi connectivity index (χ1n) is 8.03. The Morgan fingerprint density at radius 3 is 2.83 bits per heavy atom. The summed E-state index contributed by atoms with van der Waals surface area (Å²) in [5.74, 6) is -0.0108. The highest BCUT2D eigenvalue weighted by atomic mass is 16.3. The molecule has 0 aliphatic carbocycles. The van der Waals surface area contributed by atoms with Crippen LogP contribution in [0.5, 0.6) is 0 Å². The molecule has 2 aromatic carbocycles. The number of carbonyl (C=O) groups is 1. The third-order valence-electron chi connectivity index (χ3n) is 4.31. The summed E-state index contributed by atoms with van der Waals surface area (Å²) in [5.41, 5.74) is 5.47. The third-order valence-corrected chi connectivity index (χ3v) is 4.31. The maximum absolute atomic E-state index is 11.0. The van der Waals surface area contributed by atoms with Crippen LogP contribution in [0.4, 0.5) is 0 Å². The molecule has 0 fully saturated rings. The Bertz CT molecular complexity index is 1030. The number of amides is 1. The summed E-state index contributed by atoms with van der Waals surface area (Å²) in [4.78, 5) is 14.2. The molecule has 0 aliphatic heterocycles. The number of furan rings is 1. The lowest BCUT2D eigenvalue weighted by molar-refractivity contribution is -0.118. The van der Waals surface area contributed by atoms with E-state index < -0.39 is 0 Å². The predicted octanol–water partition coefficient (Wildman–Crippen LogP) is 4.26. The van der Waals surface area contributed by atoms with E-state index in [4.69, 9.17) is 4.42 Å². The number of hydrogen-bond donors (Lipinski definition) is 2. The fourth-order valence-corrected chi connectivity index (χ4v) is 3.06. The molecule has 2 heterocycles. The highest BCUT2D eigenvalue weighted by molar-refractivity contribution is 5.89. The normalized spacial score (nSPS) is 11.2. The van der Waals surface area contributed by atoms with E-state index in [2.05, 4.69) is 46.7 Å². The van der Waals surface area contributed by atoms with Crippen molar-refractivity contribution in [3.05, 3.63) is 60.5 Å². The highest BCUT2D eigenvalue weighted by Gasteiger charge is 2.08. The van der Waals surface area contributed by atoms with E-state index in [1.807, 2.05) is 12.3 Å². The first-order chi connectivity index (χ1) is 11.7. The van der Waals surface area contributed by atoms with E-state index in [1.54, 1.807) is 6.26 Å². The van der Waals surface area contributed by atoms with Gasteiger partial charge in [-0.2, -0.15) is 0 Å². The molecular weight excluding hydrogens is 300 g/mol. The third kappa shape index (κ3) is 2.67. The van der Waals surface area contributed by atoms with Crippen molar-refractivity contribution in [3.8, 4) is 11.1 Å². The standard InChI is InChI=1S/C20H18N2O2/c1-13(23)21-8-7-17-12-24-20-5-3-15(11-18(17)20)14-2-4-19-16(10-14)6-9-22-19/h2-6,9-12,22H,7-8H2,1H3,(H,21,23). The van der Waals surface area contributed by atoms with Gasteiger partial charge in [0.25, 0.3) is 0 Å². The van der Waals surface area contributed by atoms with Gasteiger partial charge < -0.3 is 14.7 Å². The second kappa shape index (κ2) is 5.89. The van der Waals surface area contributed by atoms with Crippen molar-refractivity contribution in [1.29, 1.82) is 0 Å². The van der Waals surface area contributed by atoms with E-state index >= 15 is 0 Å². The molecule has 0 spiro atoms. The molecule has 4 aromatic rings. The predicted molar refractivity (Wildman–Crippen MR) is 95.9 cm³/mol. The molecule has 4 heteroatoms. The van der Waals surface area contributed by atoms with Crippen LogP contribution in [-0.4, -0.2) is 17.4 Å². The number of fused-ring (bicyclic) bond motifs is 2. The molecule has 0 atom stereocenters. The van der Waals surface area contributed by atoms with Gasteiger partial charge in [-0.1, -0.05) is 12.1 Å². The lowest BCUT2D eigenvalue weighted by Crippen LogP contribution is -2.22. The van der Waals surface area contributed by atoms with Crippen molar-refractivity contribution >= 4 is 27.8 Å². The smallest absolute Gasteiger partial charge is 0.216 e. The van der Waals surface area contributed by atoms with Gasteiger partial charge in [0, 0.05) is 30.6 Å². The number of benzene rings is 2. The van der Waals surface area contributed by atoms with E-state index in [0.29, 0.717) is 6.54 Å². The van der Waals surface area contributed by atoms with Gasteiger partial charge in [0.15, 0.2) is 0 Å². The van der Waals surface area contributed by atoms with Crippen LogP contribution < -0.4 is 5.32 Å². The fourth-order valence-electron chi connectivity index (χ4n) is 3.06. The SMILES string of the molecule is CC(=O)NCCc1coc2ccc(-c3ccc4[nH]ccc4c3)cc12. The lowest BCUT2D eigenvalue weighted by Gasteiger charge is -2.04. The van der Waals surface area contributed by atoms with Crippen molar-refractivity contribution in [2.24, 2.45) is 0 Å². The van der Waals surface area contributed by atoms with Gasteiger partial charge in [0.1, 0.15) is 5.58 Å². The van der Waals surface area contributed by atoms with Crippen molar-refractivity contribution in [1.82, 2.24) is 10.3 Å². The van der Waals surface area contributed by atoms with E-state index in [-0.39, 0.29) is 5.91 Å². The highest BCUT2D eigenvalue weighted by Crippen LogP contribution is 2.29. The Hall–Kier alpha value is -3.01. The Labute approximate surface area is 139 Å². The summed E-state index contributed by atoms with van der Waals surface area (Å²) >= 11 is 0. The molecule has 0 saturated heterocycles. The Morgan fingerprint density at radius 1 is 1.12 bits per heavy atom. The fraction of sp³-hybridized carbons (Fsp3) is 0.150. The molecule has 0 bridgehead atoms. The van der Waals surface area contributed by atoms with Crippen molar-refractivity contribution in [2.75, 3.05) is 6.54 Å². The number of H-pyrrole nitrogens is 1. The second-order valence-electron chi connectivity index (χ2n) is 5.98. The summed E-state index contributed by atoms with van der Waals surface area (Å²) in [5, 5.41) is 5.13. The van der Waals surface area contributed by atoms with Crippen LogP contribution in [0, 0.1) is 0 Å². The minimum Gasteiger partial charge on any atom is -0.464 e. The monoisotopic (exact) mass is 318 g/mol. The van der Waals surface area contributed by atoms with Gasteiger partial charge in [-0.25, -0.2) is 0 Å². The van der Waals surface area contributed by atoms with Crippen molar-refractivity contribution in [3.63, 3.8) is 0 Å². The largest absolute Gasteiger partial charge is 0.464 e. The van der Waals surface area contributed by atoms with Crippen LogP contribution >= 0.6 is 0 Å². The quantitative estimate of drug-likeness (QED) is 0.590. The molecule has 0 aliphatic rings. The van der Waals surface area contributed by atoms with Crippen LogP contribution in [-0.2, 0) is 11.2 Å². The topological polar surface area (TPSA) is 58.0 Å². The molecule has 0 unspecified atom stereocenters. The first-order valence-corrected chi connectivity index (χ1v) is 8.03. The molecule has 2 N–H and O–H groups in total. The summed E-state index contributed by atoms with van der Waals surface area (Å²) in [6, 6.07) is 14.7. The summed E-state index contributed by atoms with van der Waals surface area (Å²) in [6.07, 6.45) is 4.49. The lowest BCUT2D eigenvalue weighted by atomic mass is 10.0. The minimum absolute atomic E-state index is 0.0108. The van der Waals surface area contributed by atoms with Gasteiger partial charge in [-0.15, -0.1) is 0 Å². The van der Waals surface area contributed by atoms with Crippen LogP contribution in [0.3, 0.4) is 0 Å². The summed E-state index contributed by atoms with van der Waals surface area (Å²) in [6.45, 7) is 2.15. The Morgan fingerprint density at radius 2 is 1.96 bits per heavy atom. The Kier molecular flexibility index (Phi) is 3.58. The Balaban J connectivity index is 1.69. The van der Waals surface area contributed by atoms with E-state index in [9.17, 15) is 4.79 Å². The number of aromatic amines is 1. The van der Waals surface area contributed by atoms with Gasteiger partial charge >= 0.3 is 0 Å². The molecule has 2 aromatic heterocycles. The maximum Gasteiger partial charge on any atom is 0.216 e. The number of rotatable bonds is 4. The molecule has 0 saturated carbocycles. The van der Waals surface area contributed by atoms with E-state index in [1.165, 1.54) is 17.9 Å². The average Bonchev–Trinajstić information content (AvgIpc) is 3.20. The summed E-state index contributed by atoms with van der Waals surface area (Å²) in [7, 11) is 0. The average molecular weight is 318 g/mol. The molecule has 24 heavy (non-hydrogen) atoms. The summed E-state index contributed by atoms with van der Waals surface area (Å²) < 4.78 is 5.64. The zero-order valence-corrected chi connectivity index (χ0v) is 13.4. The van der Waals surface area contributed by atoms with Crippen LogP contribution in [0.25, 0.3) is 33.0 Å². The molecule has 4 nitrogen and oxygen atoms in total. The minimum atomic E-state index is -0.0108. The van der Waals surface area contributed by atoms with Gasteiger partial charge in [0.05, 0.1) is 6.26 Å². The number of aromatic nitrogens is 1. The second-order valence-corrected chi connectivity index (χ2v) is 5.98. The zero-order chi connectivity index (χ0) is 16.5. The van der Waals surface area contributed by atoms with Crippen LogP contribution in [0.15, 0.2) is 59.3 Å².